The number of hydrogen-bond acceptors (Lipinski definition) is 4. The van der Waals surface area contributed by atoms with E-state index in [1.807, 2.05) is 67.6 Å². The van der Waals surface area contributed by atoms with Crippen LogP contribution in [0.3, 0.4) is 0 Å². The van der Waals surface area contributed by atoms with Crippen LogP contribution in [-0.2, 0) is 11.2 Å². The smallest absolute Gasteiger partial charge is 0.134 e. The van der Waals surface area contributed by atoms with Crippen molar-refractivity contribution in [3.05, 3.63) is 72.0 Å². The summed E-state index contributed by atoms with van der Waals surface area (Å²) in [4.78, 5) is 0. The van der Waals surface area contributed by atoms with Crippen molar-refractivity contribution in [1.82, 2.24) is 0 Å². The van der Waals surface area contributed by atoms with Gasteiger partial charge in [-0.25, -0.2) is 0 Å². The third kappa shape index (κ3) is 6.43. The molecule has 1 heterocycles. The highest BCUT2D eigenvalue weighted by molar-refractivity contribution is 5.85. The Morgan fingerprint density at radius 3 is 2.11 bits per heavy atom. The Morgan fingerprint density at radius 1 is 0.852 bits per heavy atom. The minimum absolute atomic E-state index is 0. The lowest BCUT2D eigenvalue weighted by atomic mass is 10.1. The van der Waals surface area contributed by atoms with Gasteiger partial charge in [0.15, 0.2) is 0 Å². The van der Waals surface area contributed by atoms with Crippen LogP contribution in [0.2, 0.25) is 0 Å². The van der Waals surface area contributed by atoms with Gasteiger partial charge in [-0.05, 0) is 73.9 Å². The van der Waals surface area contributed by atoms with Crippen molar-refractivity contribution < 1.29 is 19.0 Å². The SMILES string of the molecule is Cc1ccc(-c2ccc(Oc3ccc(CCOCCCO)cc3)cc2)o1.Cl. The summed E-state index contributed by atoms with van der Waals surface area (Å²) in [6.07, 6.45) is 1.54. The number of aliphatic hydroxyl groups is 1. The Kier molecular flexibility index (Phi) is 8.40. The predicted octanol–water partition coefficient (Wildman–Crippen LogP) is 5.41. The zero-order valence-electron chi connectivity index (χ0n) is 15.4. The van der Waals surface area contributed by atoms with Crippen LogP contribution in [0.15, 0.2) is 65.1 Å². The molecular weight excluding hydrogens is 364 g/mol. The molecule has 0 unspecified atom stereocenters. The summed E-state index contributed by atoms with van der Waals surface area (Å²) in [6, 6.07) is 19.8. The molecule has 4 nitrogen and oxygen atoms in total. The fourth-order valence-electron chi connectivity index (χ4n) is 2.60. The molecule has 0 aliphatic carbocycles. The predicted molar refractivity (Wildman–Crippen MR) is 109 cm³/mol. The Labute approximate surface area is 166 Å². The van der Waals surface area contributed by atoms with E-state index in [0.29, 0.717) is 19.6 Å². The highest BCUT2D eigenvalue weighted by atomic mass is 35.5. The number of ether oxygens (including phenoxy) is 2. The second-order valence-electron chi connectivity index (χ2n) is 6.12. The molecule has 0 saturated carbocycles. The molecule has 1 aromatic heterocycles. The van der Waals surface area contributed by atoms with Gasteiger partial charge in [-0.3, -0.25) is 0 Å². The largest absolute Gasteiger partial charge is 0.461 e. The summed E-state index contributed by atoms with van der Waals surface area (Å²) in [5.74, 6) is 3.35. The molecule has 1 N–H and O–H groups in total. The van der Waals surface area contributed by atoms with E-state index in [9.17, 15) is 0 Å². The molecule has 0 aliphatic heterocycles. The average Bonchev–Trinajstić information content (AvgIpc) is 3.10. The summed E-state index contributed by atoms with van der Waals surface area (Å²) in [6.45, 7) is 3.37. The van der Waals surface area contributed by atoms with E-state index in [1.54, 1.807) is 0 Å². The summed E-state index contributed by atoms with van der Waals surface area (Å²) in [7, 11) is 0. The van der Waals surface area contributed by atoms with Crippen LogP contribution in [0.25, 0.3) is 11.3 Å². The van der Waals surface area contributed by atoms with E-state index in [0.717, 1.165) is 35.0 Å². The first-order valence-corrected chi connectivity index (χ1v) is 8.87. The Morgan fingerprint density at radius 2 is 1.52 bits per heavy atom. The Hall–Kier alpha value is -2.27. The molecule has 5 heteroatoms. The number of benzene rings is 2. The van der Waals surface area contributed by atoms with Crippen LogP contribution in [0, 0.1) is 6.92 Å². The van der Waals surface area contributed by atoms with Crippen molar-refractivity contribution in [2.75, 3.05) is 19.8 Å². The Balaban J connectivity index is 0.00000261. The molecular formula is C22H25ClO4. The van der Waals surface area contributed by atoms with Crippen LogP contribution in [0.1, 0.15) is 17.7 Å². The van der Waals surface area contributed by atoms with Gasteiger partial charge in [0.05, 0.1) is 6.61 Å². The van der Waals surface area contributed by atoms with E-state index in [1.165, 1.54) is 5.56 Å². The first-order valence-electron chi connectivity index (χ1n) is 8.87. The molecule has 0 saturated heterocycles. The molecule has 0 bridgehead atoms. The molecule has 0 aliphatic rings. The zero-order chi connectivity index (χ0) is 18.2. The molecule has 144 valence electrons. The fraction of sp³-hybridized carbons (Fsp3) is 0.273. The first kappa shape index (κ1) is 21.0. The van der Waals surface area contributed by atoms with E-state index >= 15 is 0 Å². The highest BCUT2D eigenvalue weighted by Crippen LogP contribution is 2.27. The number of aliphatic hydroxyl groups excluding tert-OH is 1. The van der Waals surface area contributed by atoms with Gasteiger partial charge < -0.3 is 19.0 Å². The van der Waals surface area contributed by atoms with Crippen LogP contribution < -0.4 is 4.74 Å². The zero-order valence-corrected chi connectivity index (χ0v) is 16.2. The van der Waals surface area contributed by atoms with Gasteiger partial charge in [-0.15, -0.1) is 12.4 Å². The highest BCUT2D eigenvalue weighted by Gasteiger charge is 2.04. The van der Waals surface area contributed by atoms with Crippen LogP contribution in [-0.4, -0.2) is 24.9 Å². The van der Waals surface area contributed by atoms with Crippen LogP contribution in [0.5, 0.6) is 11.5 Å². The van der Waals surface area contributed by atoms with Crippen molar-refractivity contribution in [3.63, 3.8) is 0 Å². The summed E-state index contributed by atoms with van der Waals surface area (Å²) >= 11 is 0. The van der Waals surface area contributed by atoms with Gasteiger partial charge in [-0.1, -0.05) is 12.1 Å². The minimum Gasteiger partial charge on any atom is -0.461 e. The molecule has 3 aromatic rings. The number of halogens is 1. The van der Waals surface area contributed by atoms with Crippen molar-refractivity contribution >= 4 is 12.4 Å². The standard InChI is InChI=1S/C22H24O4.ClH/c1-17-3-12-22(25-17)19-6-10-21(11-7-19)26-20-8-4-18(5-9-20)13-16-24-15-2-14-23;/h3-12,23H,2,13-16H2,1H3;1H. The fourth-order valence-corrected chi connectivity index (χ4v) is 2.60. The maximum atomic E-state index is 8.71. The van der Waals surface area contributed by atoms with Gasteiger partial charge in [0.25, 0.3) is 0 Å². The number of furan rings is 1. The second-order valence-corrected chi connectivity index (χ2v) is 6.12. The maximum absolute atomic E-state index is 8.71. The third-order valence-corrected chi connectivity index (χ3v) is 4.02. The number of aryl methyl sites for hydroxylation is 1. The Bertz CT molecular complexity index is 794. The number of rotatable bonds is 9. The molecule has 0 radical (unpaired) electrons. The first-order chi connectivity index (χ1) is 12.7. The van der Waals surface area contributed by atoms with Gasteiger partial charge in [0.2, 0.25) is 0 Å². The van der Waals surface area contributed by atoms with Crippen molar-refractivity contribution in [2.24, 2.45) is 0 Å². The molecule has 2 aromatic carbocycles. The van der Waals surface area contributed by atoms with Crippen molar-refractivity contribution in [3.8, 4) is 22.8 Å². The van der Waals surface area contributed by atoms with E-state index < -0.39 is 0 Å². The maximum Gasteiger partial charge on any atom is 0.134 e. The quantitative estimate of drug-likeness (QED) is 0.498. The van der Waals surface area contributed by atoms with Gasteiger partial charge in [0.1, 0.15) is 23.0 Å². The lowest BCUT2D eigenvalue weighted by Crippen LogP contribution is -2.01. The van der Waals surface area contributed by atoms with Gasteiger partial charge in [0, 0.05) is 18.8 Å². The topological polar surface area (TPSA) is 51.8 Å². The lowest BCUT2D eigenvalue weighted by Gasteiger charge is -2.08. The van der Waals surface area contributed by atoms with E-state index in [-0.39, 0.29) is 19.0 Å². The molecule has 0 spiro atoms. The van der Waals surface area contributed by atoms with Crippen molar-refractivity contribution in [2.45, 2.75) is 19.8 Å². The van der Waals surface area contributed by atoms with E-state index in [2.05, 4.69) is 0 Å². The van der Waals surface area contributed by atoms with Crippen LogP contribution >= 0.6 is 12.4 Å². The molecule has 0 fully saturated rings. The van der Waals surface area contributed by atoms with Crippen LogP contribution in [0.4, 0.5) is 0 Å². The molecule has 0 amide bonds. The van der Waals surface area contributed by atoms with Crippen molar-refractivity contribution in [1.29, 1.82) is 0 Å². The third-order valence-electron chi connectivity index (χ3n) is 4.02. The van der Waals surface area contributed by atoms with Gasteiger partial charge in [-0.2, -0.15) is 0 Å². The van der Waals surface area contributed by atoms with Gasteiger partial charge >= 0.3 is 0 Å². The van der Waals surface area contributed by atoms with E-state index in [4.69, 9.17) is 19.0 Å². The summed E-state index contributed by atoms with van der Waals surface area (Å²) < 4.78 is 17.0. The minimum atomic E-state index is 0. The molecule has 3 rings (SSSR count). The monoisotopic (exact) mass is 388 g/mol. The average molecular weight is 389 g/mol. The summed E-state index contributed by atoms with van der Waals surface area (Å²) in [5.41, 5.74) is 2.23. The summed E-state index contributed by atoms with van der Waals surface area (Å²) in [5, 5.41) is 8.71. The lowest BCUT2D eigenvalue weighted by molar-refractivity contribution is 0.118. The molecule has 27 heavy (non-hydrogen) atoms. The number of hydrogen-bond donors (Lipinski definition) is 1. The normalized spacial score (nSPS) is 10.4. The second kappa shape index (κ2) is 10.8. The molecule has 0 atom stereocenters.